The van der Waals surface area contributed by atoms with E-state index in [2.05, 4.69) is 41.1 Å². The van der Waals surface area contributed by atoms with Gasteiger partial charge in [-0.3, -0.25) is 0 Å². The van der Waals surface area contributed by atoms with Crippen LogP contribution in [0.5, 0.6) is 0 Å². The highest BCUT2D eigenvalue weighted by molar-refractivity contribution is 9.10. The van der Waals surface area contributed by atoms with Crippen molar-refractivity contribution in [2.24, 2.45) is 0 Å². The van der Waals surface area contributed by atoms with Gasteiger partial charge in [0.2, 0.25) is 17.2 Å². The first-order chi connectivity index (χ1) is 10.2. The molecule has 21 heavy (non-hydrogen) atoms. The molecular formula is C13H15BrClN5S. The smallest absolute Gasteiger partial charge is 0.231 e. The van der Waals surface area contributed by atoms with Crippen molar-refractivity contribution in [1.82, 2.24) is 15.0 Å². The first-order valence-corrected chi connectivity index (χ1v) is 8.90. The Morgan fingerprint density at radius 2 is 2.05 bits per heavy atom. The molecule has 112 valence electrons. The Labute approximate surface area is 140 Å². The second kappa shape index (κ2) is 6.89. The maximum absolute atomic E-state index is 6.03. The lowest BCUT2D eigenvalue weighted by Crippen LogP contribution is -2.31. The average molecular weight is 389 g/mol. The van der Waals surface area contributed by atoms with Gasteiger partial charge in [0.05, 0.1) is 6.54 Å². The van der Waals surface area contributed by atoms with Crippen LogP contribution in [0.25, 0.3) is 0 Å². The molecule has 5 nitrogen and oxygen atoms in total. The number of halogens is 2. The molecule has 0 atom stereocenters. The lowest BCUT2D eigenvalue weighted by molar-refractivity contribution is 0.567. The maximum atomic E-state index is 6.03. The van der Waals surface area contributed by atoms with Gasteiger partial charge < -0.3 is 10.2 Å². The number of thiophene rings is 1. The Morgan fingerprint density at radius 3 is 2.76 bits per heavy atom. The van der Waals surface area contributed by atoms with Gasteiger partial charge in [-0.05, 0) is 58.2 Å². The van der Waals surface area contributed by atoms with Gasteiger partial charge in [0.1, 0.15) is 0 Å². The Bertz CT molecular complexity index is 614. The van der Waals surface area contributed by atoms with E-state index in [-0.39, 0.29) is 5.28 Å². The fourth-order valence-corrected chi connectivity index (χ4v) is 3.85. The van der Waals surface area contributed by atoms with Crippen molar-refractivity contribution < 1.29 is 0 Å². The van der Waals surface area contributed by atoms with E-state index in [0.717, 1.165) is 17.6 Å². The molecule has 0 amide bonds. The van der Waals surface area contributed by atoms with Crippen molar-refractivity contribution in [1.29, 1.82) is 0 Å². The van der Waals surface area contributed by atoms with Gasteiger partial charge in [-0.15, -0.1) is 11.3 Å². The molecule has 0 radical (unpaired) electrons. The van der Waals surface area contributed by atoms with Crippen LogP contribution < -0.4 is 10.2 Å². The molecule has 1 aliphatic rings. The van der Waals surface area contributed by atoms with E-state index in [1.54, 1.807) is 11.3 Å². The highest BCUT2D eigenvalue weighted by Gasteiger charge is 2.15. The van der Waals surface area contributed by atoms with Crippen LogP contribution >= 0.6 is 38.9 Å². The van der Waals surface area contributed by atoms with E-state index >= 15 is 0 Å². The Hall–Kier alpha value is -0.920. The SMILES string of the molecule is Clc1nc(NCc2sccc2Br)nc(N2CCCCC2)n1. The van der Waals surface area contributed by atoms with Crippen LogP contribution in [0.15, 0.2) is 15.9 Å². The number of anilines is 2. The predicted molar refractivity (Wildman–Crippen MR) is 90.2 cm³/mol. The van der Waals surface area contributed by atoms with Gasteiger partial charge in [0.25, 0.3) is 0 Å². The third kappa shape index (κ3) is 3.84. The number of aromatic nitrogens is 3. The molecular weight excluding hydrogens is 374 g/mol. The lowest BCUT2D eigenvalue weighted by Gasteiger charge is -2.26. The van der Waals surface area contributed by atoms with Crippen molar-refractivity contribution in [3.05, 3.63) is 26.1 Å². The Kier molecular flexibility index (Phi) is 4.92. The van der Waals surface area contributed by atoms with Gasteiger partial charge in [0, 0.05) is 22.4 Å². The zero-order chi connectivity index (χ0) is 14.7. The highest BCUT2D eigenvalue weighted by Crippen LogP contribution is 2.24. The summed E-state index contributed by atoms with van der Waals surface area (Å²) in [5.41, 5.74) is 0. The summed E-state index contributed by atoms with van der Waals surface area (Å²) in [4.78, 5) is 16.2. The zero-order valence-electron chi connectivity index (χ0n) is 11.4. The standard InChI is InChI=1S/C13H15BrClN5S/c14-9-4-7-21-10(9)8-16-12-17-11(15)18-13(19-12)20-5-2-1-3-6-20/h4,7H,1-3,5-6,8H2,(H,16,17,18,19). The summed E-state index contributed by atoms with van der Waals surface area (Å²) in [6.45, 7) is 2.63. The van der Waals surface area contributed by atoms with E-state index in [4.69, 9.17) is 11.6 Å². The number of hydrogen-bond donors (Lipinski definition) is 1. The first-order valence-electron chi connectivity index (χ1n) is 6.84. The molecule has 3 heterocycles. The predicted octanol–water partition coefficient (Wildman–Crippen LogP) is 3.95. The van der Waals surface area contributed by atoms with Crippen molar-refractivity contribution in [2.45, 2.75) is 25.8 Å². The van der Waals surface area contributed by atoms with E-state index < -0.39 is 0 Å². The first kappa shape index (κ1) is 15.0. The molecule has 0 bridgehead atoms. The van der Waals surface area contributed by atoms with Crippen LogP contribution in [0.3, 0.4) is 0 Å². The molecule has 2 aromatic heterocycles. The summed E-state index contributed by atoms with van der Waals surface area (Å²) in [6.07, 6.45) is 3.62. The number of nitrogens with one attached hydrogen (secondary N) is 1. The van der Waals surface area contributed by atoms with Crippen molar-refractivity contribution in [3.63, 3.8) is 0 Å². The largest absolute Gasteiger partial charge is 0.349 e. The van der Waals surface area contributed by atoms with Crippen LogP contribution in [-0.2, 0) is 6.54 Å². The molecule has 2 aromatic rings. The molecule has 0 unspecified atom stereocenters. The minimum atomic E-state index is 0.235. The number of hydrogen-bond acceptors (Lipinski definition) is 6. The number of piperidine rings is 1. The molecule has 0 spiro atoms. The molecule has 1 aliphatic heterocycles. The highest BCUT2D eigenvalue weighted by atomic mass is 79.9. The molecule has 1 fully saturated rings. The molecule has 1 saturated heterocycles. The van der Waals surface area contributed by atoms with Crippen LogP contribution in [0.2, 0.25) is 5.28 Å². The second-order valence-electron chi connectivity index (χ2n) is 4.82. The summed E-state index contributed by atoms with van der Waals surface area (Å²) in [6, 6.07) is 2.03. The van der Waals surface area contributed by atoms with Crippen LogP contribution in [0.4, 0.5) is 11.9 Å². The fraction of sp³-hybridized carbons (Fsp3) is 0.462. The molecule has 1 N–H and O–H groups in total. The molecule has 0 saturated carbocycles. The summed E-state index contributed by atoms with van der Waals surface area (Å²) >= 11 is 11.2. The third-order valence-electron chi connectivity index (χ3n) is 3.33. The molecule has 8 heteroatoms. The summed E-state index contributed by atoms with van der Waals surface area (Å²) < 4.78 is 1.09. The molecule has 0 aromatic carbocycles. The quantitative estimate of drug-likeness (QED) is 0.859. The zero-order valence-corrected chi connectivity index (χ0v) is 14.5. The topological polar surface area (TPSA) is 53.9 Å². The molecule has 3 rings (SSSR count). The number of nitrogens with zero attached hydrogens (tertiary/aromatic N) is 4. The van der Waals surface area contributed by atoms with E-state index in [1.165, 1.54) is 24.1 Å². The van der Waals surface area contributed by atoms with Crippen molar-refractivity contribution in [2.75, 3.05) is 23.3 Å². The molecule has 0 aliphatic carbocycles. The minimum absolute atomic E-state index is 0.235. The summed E-state index contributed by atoms with van der Waals surface area (Å²) in [5.74, 6) is 1.19. The summed E-state index contributed by atoms with van der Waals surface area (Å²) in [7, 11) is 0. The van der Waals surface area contributed by atoms with Gasteiger partial charge in [-0.2, -0.15) is 15.0 Å². The van der Waals surface area contributed by atoms with Crippen molar-refractivity contribution >= 4 is 50.8 Å². The number of rotatable bonds is 4. The monoisotopic (exact) mass is 387 g/mol. The lowest BCUT2D eigenvalue weighted by atomic mass is 10.1. The van der Waals surface area contributed by atoms with E-state index in [0.29, 0.717) is 18.4 Å². The Morgan fingerprint density at radius 1 is 1.24 bits per heavy atom. The Balaban J connectivity index is 1.73. The average Bonchev–Trinajstić information content (AvgIpc) is 2.91. The second-order valence-corrected chi connectivity index (χ2v) is 7.01. The van der Waals surface area contributed by atoms with Crippen LogP contribution in [-0.4, -0.2) is 28.0 Å². The summed E-state index contributed by atoms with van der Waals surface area (Å²) in [5, 5.41) is 5.49. The van der Waals surface area contributed by atoms with Gasteiger partial charge in [0.15, 0.2) is 0 Å². The maximum Gasteiger partial charge on any atom is 0.231 e. The van der Waals surface area contributed by atoms with Crippen LogP contribution in [0, 0.1) is 0 Å². The third-order valence-corrected chi connectivity index (χ3v) is 5.43. The van der Waals surface area contributed by atoms with E-state index in [1.807, 2.05) is 11.4 Å². The van der Waals surface area contributed by atoms with Gasteiger partial charge in [-0.1, -0.05) is 0 Å². The van der Waals surface area contributed by atoms with Crippen molar-refractivity contribution in [3.8, 4) is 0 Å². The normalized spacial score (nSPS) is 15.2. The van der Waals surface area contributed by atoms with Crippen LogP contribution in [0.1, 0.15) is 24.1 Å². The minimum Gasteiger partial charge on any atom is -0.349 e. The van der Waals surface area contributed by atoms with Gasteiger partial charge >= 0.3 is 0 Å². The van der Waals surface area contributed by atoms with E-state index in [9.17, 15) is 0 Å². The van der Waals surface area contributed by atoms with Gasteiger partial charge in [-0.25, -0.2) is 0 Å². The fourth-order valence-electron chi connectivity index (χ4n) is 2.26.